The average molecular weight is 467 g/mol. The molecule has 1 aromatic carbocycles. The Kier molecular flexibility index (Phi) is 7.58. The summed E-state index contributed by atoms with van der Waals surface area (Å²) in [6.07, 6.45) is 2.33. The van der Waals surface area contributed by atoms with Crippen LogP contribution in [0.5, 0.6) is 11.5 Å². The van der Waals surface area contributed by atoms with Crippen LogP contribution in [0.4, 0.5) is 5.69 Å². The Bertz CT molecular complexity index is 783. The molecule has 1 amide bonds. The van der Waals surface area contributed by atoms with E-state index in [1.165, 1.54) is 0 Å². The molecule has 1 fully saturated rings. The molecule has 0 aromatic heterocycles. The van der Waals surface area contributed by atoms with Crippen LogP contribution in [-0.2, 0) is 0 Å². The molecule has 29 heavy (non-hydrogen) atoms. The molecule has 0 radical (unpaired) electrons. The van der Waals surface area contributed by atoms with Crippen LogP contribution in [0.1, 0.15) is 36.0 Å². The maximum absolute atomic E-state index is 12.8. The van der Waals surface area contributed by atoms with Crippen LogP contribution in [0.25, 0.3) is 0 Å². The number of ether oxygens (including phenoxy) is 2. The lowest BCUT2D eigenvalue weighted by atomic mass is 9.93. The van der Waals surface area contributed by atoms with Gasteiger partial charge in [-0.25, -0.2) is 0 Å². The second-order valence-electron chi connectivity index (χ2n) is 7.42. The molecule has 9 heteroatoms. The Morgan fingerprint density at radius 2 is 2.17 bits per heavy atom. The van der Waals surface area contributed by atoms with Crippen molar-refractivity contribution in [2.45, 2.75) is 31.8 Å². The highest BCUT2D eigenvalue weighted by atomic mass is 79.9. The summed E-state index contributed by atoms with van der Waals surface area (Å²) in [5.74, 6) is 0.539. The number of aliphatic hydroxyl groups excluding tert-OH is 1. The van der Waals surface area contributed by atoms with E-state index in [0.717, 1.165) is 32.4 Å². The molecule has 1 aromatic rings. The van der Waals surface area contributed by atoms with Crippen LogP contribution in [0, 0.1) is 17.2 Å². The zero-order valence-electron chi connectivity index (χ0n) is 16.3. The number of nitrogen functional groups attached to an aromatic ring is 1. The Balaban J connectivity index is 1.60. The zero-order chi connectivity index (χ0) is 20.8. The number of β-amino-alcohol motifs (C(OH)–C–C–N with tert-alkyl or cyclic N) is 1. The third-order valence-corrected chi connectivity index (χ3v) is 6.14. The van der Waals surface area contributed by atoms with Gasteiger partial charge in [-0.05, 0) is 47.9 Å². The van der Waals surface area contributed by atoms with E-state index in [9.17, 15) is 9.90 Å². The molecule has 2 aliphatic heterocycles. The fraction of sp³-hybridized carbons (Fsp3) is 0.600. The van der Waals surface area contributed by atoms with Gasteiger partial charge < -0.3 is 30.5 Å². The second-order valence-corrected chi connectivity index (χ2v) is 8.22. The number of aliphatic hydroxyl groups is 1. The normalized spacial score (nSPS) is 21.8. The third kappa shape index (κ3) is 5.32. The number of anilines is 1. The first-order valence-electron chi connectivity index (χ1n) is 9.94. The topological polar surface area (TPSA) is 121 Å². The number of nitrogens with one attached hydrogen (secondary N) is 1. The lowest BCUT2D eigenvalue weighted by molar-refractivity contribution is 0.0219. The number of hydrogen-bond acceptors (Lipinski definition) is 7. The molecule has 1 unspecified atom stereocenters. The van der Waals surface area contributed by atoms with E-state index >= 15 is 0 Å². The van der Waals surface area contributed by atoms with Crippen molar-refractivity contribution in [3.8, 4) is 17.6 Å². The number of benzene rings is 1. The number of nitrogens with two attached hydrogens (primary N) is 1. The summed E-state index contributed by atoms with van der Waals surface area (Å²) in [5.41, 5.74) is 6.78. The summed E-state index contributed by atoms with van der Waals surface area (Å²) in [5, 5.41) is 22.0. The van der Waals surface area contributed by atoms with E-state index in [1.807, 2.05) is 0 Å². The fourth-order valence-corrected chi connectivity index (χ4v) is 4.08. The second kappa shape index (κ2) is 10.1. The fourth-order valence-electron chi connectivity index (χ4n) is 3.67. The molecule has 158 valence electrons. The molecule has 2 heterocycles. The van der Waals surface area contributed by atoms with Gasteiger partial charge in [0.25, 0.3) is 5.91 Å². The van der Waals surface area contributed by atoms with Crippen LogP contribution in [0.2, 0.25) is 0 Å². The Morgan fingerprint density at radius 1 is 1.41 bits per heavy atom. The summed E-state index contributed by atoms with van der Waals surface area (Å²) >= 11 is 3.40. The Labute approximate surface area is 179 Å². The van der Waals surface area contributed by atoms with E-state index in [1.54, 1.807) is 6.07 Å². The van der Waals surface area contributed by atoms with E-state index < -0.39 is 6.10 Å². The lowest BCUT2D eigenvalue weighted by Gasteiger charge is -2.36. The van der Waals surface area contributed by atoms with Gasteiger partial charge >= 0.3 is 0 Å². The molecule has 0 aliphatic carbocycles. The molecule has 0 spiro atoms. The molecule has 8 nitrogen and oxygen atoms in total. The number of carbonyl (C=O) groups excluding carboxylic acids is 1. The van der Waals surface area contributed by atoms with Crippen molar-refractivity contribution in [1.82, 2.24) is 10.2 Å². The minimum absolute atomic E-state index is 0.0188. The van der Waals surface area contributed by atoms with Crippen molar-refractivity contribution in [1.29, 1.82) is 5.26 Å². The van der Waals surface area contributed by atoms with Gasteiger partial charge in [-0.15, -0.1) is 0 Å². The van der Waals surface area contributed by atoms with Crippen molar-refractivity contribution in [2.75, 3.05) is 45.1 Å². The first-order valence-corrected chi connectivity index (χ1v) is 10.7. The summed E-state index contributed by atoms with van der Waals surface area (Å²) in [6, 6.07) is 3.73. The highest BCUT2D eigenvalue weighted by molar-refractivity contribution is 9.10. The predicted molar refractivity (Wildman–Crippen MR) is 112 cm³/mol. The Morgan fingerprint density at radius 3 is 2.90 bits per heavy atom. The smallest absolute Gasteiger partial charge is 0.255 e. The molecule has 4 N–H and O–H groups in total. The predicted octanol–water partition coefficient (Wildman–Crippen LogP) is 1.91. The van der Waals surface area contributed by atoms with Gasteiger partial charge in [-0.3, -0.25) is 4.79 Å². The van der Waals surface area contributed by atoms with Gasteiger partial charge in [0.1, 0.15) is 0 Å². The van der Waals surface area contributed by atoms with Crippen LogP contribution in [-0.4, -0.2) is 61.4 Å². The minimum atomic E-state index is -0.516. The standard InChI is InChI=1S/C20H27BrN4O4/c21-17-15(23)10-14(18-19(17)29-9-3-8-28-18)20(27)24-11-13-4-7-25(12-16(13)26)6-2-1-5-22/h10,13,16,26H,1-4,6-9,11-12,23H2,(H,24,27)/t13-,16?/m0/s1. The number of amides is 1. The number of nitriles is 1. The number of hydrogen-bond donors (Lipinski definition) is 3. The van der Waals surface area contributed by atoms with Crippen molar-refractivity contribution in [3.05, 3.63) is 16.1 Å². The summed E-state index contributed by atoms with van der Waals surface area (Å²) in [7, 11) is 0. The van der Waals surface area contributed by atoms with Crippen LogP contribution in [0.15, 0.2) is 10.5 Å². The van der Waals surface area contributed by atoms with Gasteiger partial charge in [-0.2, -0.15) is 5.26 Å². The first kappa shape index (κ1) is 21.7. The van der Waals surface area contributed by atoms with E-state index in [2.05, 4.69) is 32.2 Å². The van der Waals surface area contributed by atoms with Crippen molar-refractivity contribution < 1.29 is 19.4 Å². The molecule has 1 saturated heterocycles. The number of fused-ring (bicyclic) bond motifs is 1. The SMILES string of the molecule is N#CCCCN1CC[C@@H](CNC(=O)c2cc(N)c(Br)c3c2OCCCO3)C(O)C1. The van der Waals surface area contributed by atoms with E-state index in [0.29, 0.717) is 59.9 Å². The van der Waals surface area contributed by atoms with Crippen LogP contribution < -0.4 is 20.5 Å². The summed E-state index contributed by atoms with van der Waals surface area (Å²) in [4.78, 5) is 15.0. The number of unbranched alkanes of at least 4 members (excludes halogenated alkanes) is 1. The first-order chi connectivity index (χ1) is 14.0. The van der Waals surface area contributed by atoms with E-state index in [4.69, 9.17) is 20.5 Å². The minimum Gasteiger partial charge on any atom is -0.489 e. The van der Waals surface area contributed by atoms with Gasteiger partial charge in [0.05, 0.1) is 41.1 Å². The highest BCUT2D eigenvalue weighted by Gasteiger charge is 2.29. The summed E-state index contributed by atoms with van der Waals surface area (Å²) in [6.45, 7) is 3.55. The van der Waals surface area contributed by atoms with Gasteiger partial charge in [-0.1, -0.05) is 0 Å². The van der Waals surface area contributed by atoms with Gasteiger partial charge in [0, 0.05) is 31.8 Å². The van der Waals surface area contributed by atoms with Crippen molar-refractivity contribution in [3.63, 3.8) is 0 Å². The quantitative estimate of drug-likeness (QED) is 0.432. The number of piperidine rings is 1. The molecule has 0 saturated carbocycles. The highest BCUT2D eigenvalue weighted by Crippen LogP contribution is 2.43. The van der Waals surface area contributed by atoms with E-state index in [-0.39, 0.29) is 11.8 Å². The molecule has 2 atom stereocenters. The number of rotatable bonds is 6. The number of halogens is 1. The molecular weight excluding hydrogens is 440 g/mol. The number of likely N-dealkylation sites (tertiary alicyclic amines) is 1. The zero-order valence-corrected chi connectivity index (χ0v) is 17.9. The van der Waals surface area contributed by atoms with Crippen LogP contribution in [0.3, 0.4) is 0 Å². The molecular formula is C20H27BrN4O4. The average Bonchev–Trinajstić information content (AvgIpc) is 2.96. The molecule has 3 rings (SSSR count). The van der Waals surface area contributed by atoms with Crippen molar-refractivity contribution in [2.24, 2.45) is 5.92 Å². The molecule has 0 bridgehead atoms. The molecule has 2 aliphatic rings. The third-order valence-electron chi connectivity index (χ3n) is 5.32. The summed E-state index contributed by atoms with van der Waals surface area (Å²) < 4.78 is 12.1. The monoisotopic (exact) mass is 466 g/mol. The number of carbonyl (C=O) groups is 1. The Hall–Kier alpha value is -2.02. The largest absolute Gasteiger partial charge is 0.489 e. The van der Waals surface area contributed by atoms with Crippen LogP contribution >= 0.6 is 15.9 Å². The van der Waals surface area contributed by atoms with Gasteiger partial charge in [0.2, 0.25) is 0 Å². The maximum Gasteiger partial charge on any atom is 0.255 e. The maximum atomic E-state index is 12.8. The van der Waals surface area contributed by atoms with Gasteiger partial charge in [0.15, 0.2) is 11.5 Å². The van der Waals surface area contributed by atoms with Crippen molar-refractivity contribution >= 4 is 27.5 Å². The number of nitrogens with zero attached hydrogens (tertiary/aromatic N) is 2. The lowest BCUT2D eigenvalue weighted by Crippen LogP contribution is -2.47.